The van der Waals surface area contributed by atoms with Crippen molar-refractivity contribution in [2.45, 2.75) is 51.7 Å². The molecular weight excluding hydrogens is 394 g/mol. The highest BCUT2D eigenvalue weighted by Gasteiger charge is 2.27. The Morgan fingerprint density at radius 2 is 1.62 bits per heavy atom. The van der Waals surface area contributed by atoms with E-state index in [1.807, 2.05) is 12.1 Å². The number of nitrogens with zero attached hydrogens (tertiary/aromatic N) is 4. The number of benzene rings is 2. The molecule has 32 heavy (non-hydrogen) atoms. The fourth-order valence-electron chi connectivity index (χ4n) is 3.85. The summed E-state index contributed by atoms with van der Waals surface area (Å²) in [5.74, 6) is 0.659. The molecule has 0 aliphatic carbocycles. The van der Waals surface area contributed by atoms with Crippen LogP contribution in [0, 0.1) is 0 Å². The van der Waals surface area contributed by atoms with Crippen molar-refractivity contribution < 1.29 is 0 Å². The van der Waals surface area contributed by atoms with Crippen LogP contribution >= 0.6 is 0 Å². The molecular formula is C27H35N5. The zero-order valence-electron chi connectivity index (χ0n) is 19.3. The third-order valence-corrected chi connectivity index (χ3v) is 5.68. The highest BCUT2D eigenvalue weighted by atomic mass is 15.5. The van der Waals surface area contributed by atoms with Gasteiger partial charge in [0.1, 0.15) is 0 Å². The van der Waals surface area contributed by atoms with Crippen LogP contribution in [0.5, 0.6) is 0 Å². The second-order valence-electron chi connectivity index (χ2n) is 8.41. The number of hydrogen-bond donors (Lipinski definition) is 1. The van der Waals surface area contributed by atoms with Crippen LogP contribution in [0.4, 0.5) is 0 Å². The molecule has 0 saturated carbocycles. The number of rotatable bonds is 8. The van der Waals surface area contributed by atoms with Gasteiger partial charge in [0.15, 0.2) is 0 Å². The molecule has 168 valence electrons. The van der Waals surface area contributed by atoms with E-state index in [1.54, 1.807) is 17.2 Å². The first kappa shape index (κ1) is 23.3. The van der Waals surface area contributed by atoms with Gasteiger partial charge in [0.25, 0.3) is 0 Å². The predicted octanol–water partition coefficient (Wildman–Crippen LogP) is 5.37. The van der Waals surface area contributed by atoms with Gasteiger partial charge in [-0.1, -0.05) is 87.7 Å². The Bertz CT molecular complexity index is 948. The Labute approximate surface area is 192 Å². The molecule has 2 aromatic carbocycles. The van der Waals surface area contributed by atoms with Gasteiger partial charge >= 0.3 is 0 Å². The van der Waals surface area contributed by atoms with Gasteiger partial charge in [-0.2, -0.15) is 15.0 Å². The summed E-state index contributed by atoms with van der Waals surface area (Å²) < 4.78 is 0. The molecule has 2 heterocycles. The fraction of sp³-hybridized carbons (Fsp3) is 0.333. The molecule has 5 nitrogen and oxygen atoms in total. The van der Waals surface area contributed by atoms with Crippen LogP contribution in [0.15, 0.2) is 97.6 Å². The minimum atomic E-state index is 0.293. The molecule has 0 amide bonds. The van der Waals surface area contributed by atoms with Gasteiger partial charge in [-0.3, -0.25) is 0 Å². The molecule has 5 heteroatoms. The van der Waals surface area contributed by atoms with Gasteiger partial charge in [0.05, 0.1) is 25.0 Å². The topological polar surface area (TPSA) is 46.0 Å². The molecule has 0 radical (unpaired) electrons. The Morgan fingerprint density at radius 3 is 2.22 bits per heavy atom. The minimum absolute atomic E-state index is 0.293. The molecule has 1 aliphatic rings. The van der Waals surface area contributed by atoms with Gasteiger partial charge in [-0.05, 0) is 29.9 Å². The van der Waals surface area contributed by atoms with Gasteiger partial charge < -0.3 is 10.2 Å². The Balaban J connectivity index is 0.000000269. The SMILES string of the molecule is C=C(NCc1ccccc1)C1CCCN1C(=C)Cn1nccn1.CC(C)c1ccccc1. The first-order valence-corrected chi connectivity index (χ1v) is 11.3. The van der Waals surface area contributed by atoms with Crippen molar-refractivity contribution in [2.24, 2.45) is 0 Å². The van der Waals surface area contributed by atoms with Crippen LogP contribution in [0.2, 0.25) is 0 Å². The van der Waals surface area contributed by atoms with E-state index in [-0.39, 0.29) is 0 Å². The van der Waals surface area contributed by atoms with E-state index in [2.05, 4.69) is 96.0 Å². The molecule has 3 aromatic rings. The lowest BCUT2D eigenvalue weighted by molar-refractivity contribution is 0.317. The molecule has 1 fully saturated rings. The van der Waals surface area contributed by atoms with E-state index < -0.39 is 0 Å². The summed E-state index contributed by atoms with van der Waals surface area (Å²) in [4.78, 5) is 3.99. The van der Waals surface area contributed by atoms with Crippen molar-refractivity contribution >= 4 is 0 Å². The Kier molecular flexibility index (Phi) is 8.67. The van der Waals surface area contributed by atoms with Crippen LogP contribution in [0.3, 0.4) is 0 Å². The summed E-state index contributed by atoms with van der Waals surface area (Å²) in [7, 11) is 0. The normalized spacial score (nSPS) is 15.2. The van der Waals surface area contributed by atoms with Crippen LogP contribution in [-0.4, -0.2) is 32.5 Å². The molecule has 1 aromatic heterocycles. The maximum atomic E-state index is 4.25. The quantitative estimate of drug-likeness (QED) is 0.523. The predicted molar refractivity (Wildman–Crippen MR) is 132 cm³/mol. The van der Waals surface area contributed by atoms with Crippen molar-refractivity contribution in [3.8, 4) is 0 Å². The summed E-state index contributed by atoms with van der Waals surface area (Å²) in [5, 5.41) is 11.8. The lowest BCUT2D eigenvalue weighted by Gasteiger charge is -2.30. The molecule has 1 aliphatic heterocycles. The number of likely N-dealkylation sites (tertiary alicyclic amines) is 1. The monoisotopic (exact) mass is 429 g/mol. The van der Waals surface area contributed by atoms with Crippen molar-refractivity contribution in [3.05, 3.63) is 109 Å². The molecule has 0 bridgehead atoms. The molecule has 1 saturated heterocycles. The summed E-state index contributed by atoms with van der Waals surface area (Å²) in [6.07, 6.45) is 5.64. The van der Waals surface area contributed by atoms with E-state index in [1.165, 1.54) is 11.1 Å². The van der Waals surface area contributed by atoms with E-state index in [9.17, 15) is 0 Å². The highest BCUT2D eigenvalue weighted by Crippen LogP contribution is 2.26. The summed E-state index contributed by atoms with van der Waals surface area (Å²) in [6, 6.07) is 21.2. The van der Waals surface area contributed by atoms with Crippen molar-refractivity contribution in [2.75, 3.05) is 6.54 Å². The number of nitrogens with one attached hydrogen (secondary N) is 1. The lowest BCUT2D eigenvalue weighted by atomic mass is 10.0. The number of allylic oxidation sites excluding steroid dienone is 1. The van der Waals surface area contributed by atoms with E-state index in [4.69, 9.17) is 0 Å². The van der Waals surface area contributed by atoms with Crippen molar-refractivity contribution in [1.82, 2.24) is 25.2 Å². The third-order valence-electron chi connectivity index (χ3n) is 5.68. The maximum absolute atomic E-state index is 4.25. The first-order valence-electron chi connectivity index (χ1n) is 11.3. The van der Waals surface area contributed by atoms with Gasteiger partial charge in [-0.25, -0.2) is 0 Å². The van der Waals surface area contributed by atoms with Crippen molar-refractivity contribution in [1.29, 1.82) is 0 Å². The smallest absolute Gasteiger partial charge is 0.0999 e. The summed E-state index contributed by atoms with van der Waals surface area (Å²) in [5.41, 5.74) is 4.77. The second kappa shape index (κ2) is 11.9. The van der Waals surface area contributed by atoms with Crippen LogP contribution in [0.25, 0.3) is 0 Å². The van der Waals surface area contributed by atoms with Crippen molar-refractivity contribution in [3.63, 3.8) is 0 Å². The van der Waals surface area contributed by atoms with E-state index >= 15 is 0 Å². The standard InChI is InChI=1S/C18H23N5.C9H12/c1-15(14-23-20-10-11-21-23)22-12-6-9-18(22)16(2)19-13-17-7-4-3-5-8-17;1-8(2)9-6-4-3-5-7-9/h3-5,7-8,10-11,18-19H,1-2,6,9,12-14H2;3-8H,1-2H3. The summed E-state index contributed by atoms with van der Waals surface area (Å²) in [6.45, 7) is 15.3. The van der Waals surface area contributed by atoms with E-state index in [0.717, 1.165) is 37.3 Å². The average molecular weight is 430 g/mol. The Hall–Kier alpha value is -3.34. The molecule has 0 spiro atoms. The van der Waals surface area contributed by atoms with Gasteiger partial charge in [-0.15, -0.1) is 0 Å². The third kappa shape index (κ3) is 6.84. The molecule has 1 atom stereocenters. The average Bonchev–Trinajstić information content (AvgIpc) is 3.51. The van der Waals surface area contributed by atoms with Crippen LogP contribution in [-0.2, 0) is 13.1 Å². The van der Waals surface area contributed by atoms with E-state index in [0.29, 0.717) is 18.5 Å². The zero-order chi connectivity index (χ0) is 22.8. The maximum Gasteiger partial charge on any atom is 0.0999 e. The molecule has 1 unspecified atom stereocenters. The first-order chi connectivity index (χ1) is 15.5. The highest BCUT2D eigenvalue weighted by molar-refractivity contribution is 5.18. The van der Waals surface area contributed by atoms with Crippen LogP contribution < -0.4 is 5.32 Å². The van der Waals surface area contributed by atoms with Gasteiger partial charge in [0, 0.05) is 24.5 Å². The minimum Gasteiger partial charge on any atom is -0.383 e. The summed E-state index contributed by atoms with van der Waals surface area (Å²) >= 11 is 0. The molecule has 1 N–H and O–H groups in total. The number of hydrogen-bond acceptors (Lipinski definition) is 4. The molecule has 4 rings (SSSR count). The van der Waals surface area contributed by atoms with Gasteiger partial charge in [0.2, 0.25) is 0 Å². The zero-order valence-corrected chi connectivity index (χ0v) is 19.3. The van der Waals surface area contributed by atoms with Crippen LogP contribution in [0.1, 0.15) is 43.7 Å². The lowest BCUT2D eigenvalue weighted by Crippen LogP contribution is -2.36. The largest absolute Gasteiger partial charge is 0.383 e. The Morgan fingerprint density at radius 1 is 1.00 bits per heavy atom. The number of aromatic nitrogens is 3. The fourth-order valence-corrected chi connectivity index (χ4v) is 3.85. The second-order valence-corrected chi connectivity index (χ2v) is 8.41.